The van der Waals surface area contributed by atoms with E-state index in [4.69, 9.17) is 16.6 Å². The van der Waals surface area contributed by atoms with Gasteiger partial charge in [0, 0.05) is 25.2 Å². The maximum absolute atomic E-state index is 9.16. The number of allylic oxidation sites excluding steroid dienone is 3. The van der Waals surface area contributed by atoms with Gasteiger partial charge in [-0.05, 0) is 68.5 Å². The molecule has 27 heavy (non-hydrogen) atoms. The van der Waals surface area contributed by atoms with Gasteiger partial charge in [-0.2, -0.15) is 0 Å². The van der Waals surface area contributed by atoms with E-state index in [0.29, 0.717) is 12.2 Å². The summed E-state index contributed by atoms with van der Waals surface area (Å²) in [4.78, 5) is 5.78. The lowest BCUT2D eigenvalue weighted by atomic mass is 9.93. The first-order chi connectivity index (χ1) is 13.0. The van der Waals surface area contributed by atoms with Crippen LogP contribution in [0, 0.1) is 17.9 Å². The molecule has 0 radical (unpaired) electrons. The van der Waals surface area contributed by atoms with E-state index in [2.05, 4.69) is 34.0 Å². The van der Waals surface area contributed by atoms with Crippen LogP contribution in [0.25, 0.3) is 10.9 Å². The Morgan fingerprint density at radius 2 is 1.89 bits per heavy atom. The summed E-state index contributed by atoms with van der Waals surface area (Å²) in [6.07, 6.45) is 10.2. The average Bonchev–Trinajstić information content (AvgIpc) is 2.67. The summed E-state index contributed by atoms with van der Waals surface area (Å²) < 4.78 is 6.00. The fourth-order valence-electron chi connectivity index (χ4n) is 3.60. The van der Waals surface area contributed by atoms with Gasteiger partial charge in [-0.1, -0.05) is 18.2 Å². The van der Waals surface area contributed by atoms with Crippen molar-refractivity contribution in [3.8, 4) is 6.07 Å². The zero-order valence-electron chi connectivity index (χ0n) is 16.0. The number of anilines is 1. The lowest BCUT2D eigenvalue weighted by Crippen LogP contribution is -2.29. The Hall–Kier alpha value is -2.98. The molecule has 138 valence electrons. The summed E-state index contributed by atoms with van der Waals surface area (Å²) >= 11 is 0. The Labute approximate surface area is 161 Å². The molecule has 2 aliphatic rings. The van der Waals surface area contributed by atoms with Crippen LogP contribution < -0.4 is 4.90 Å². The van der Waals surface area contributed by atoms with Gasteiger partial charge in [0.05, 0.1) is 12.6 Å². The predicted octanol–water partition coefficient (Wildman–Crippen LogP) is 5.47. The molecule has 2 aliphatic heterocycles. The molecular formula is C23H25N3O. The van der Waals surface area contributed by atoms with Crippen LogP contribution in [-0.2, 0) is 4.74 Å². The third-order valence-electron chi connectivity index (χ3n) is 4.90. The minimum Gasteiger partial charge on any atom is -0.488 e. The van der Waals surface area contributed by atoms with Crippen molar-refractivity contribution in [1.82, 2.24) is 0 Å². The summed E-state index contributed by atoms with van der Waals surface area (Å²) in [6.45, 7) is 13.4. The van der Waals surface area contributed by atoms with E-state index in [0.717, 1.165) is 24.2 Å². The van der Waals surface area contributed by atoms with E-state index in [1.807, 2.05) is 32.1 Å². The van der Waals surface area contributed by atoms with E-state index in [-0.39, 0.29) is 5.70 Å². The van der Waals surface area contributed by atoms with Crippen LogP contribution in [0.4, 0.5) is 5.69 Å². The molecule has 1 saturated heterocycles. The lowest BCUT2D eigenvalue weighted by molar-refractivity contribution is 0.0356. The van der Waals surface area contributed by atoms with Crippen molar-refractivity contribution in [2.24, 2.45) is 0 Å². The van der Waals surface area contributed by atoms with Gasteiger partial charge in [-0.3, -0.25) is 0 Å². The van der Waals surface area contributed by atoms with Gasteiger partial charge in [0.25, 0.3) is 5.70 Å². The molecule has 4 nitrogen and oxygen atoms in total. The van der Waals surface area contributed by atoms with E-state index < -0.39 is 5.60 Å². The molecule has 0 bridgehead atoms. The maximum atomic E-state index is 9.16. The molecule has 0 N–H and O–H groups in total. The average molecular weight is 359 g/mol. The van der Waals surface area contributed by atoms with Crippen molar-refractivity contribution in [3.63, 3.8) is 0 Å². The first kappa shape index (κ1) is 18.8. The Kier molecular flexibility index (Phi) is 5.67. The van der Waals surface area contributed by atoms with Crippen molar-refractivity contribution >= 4 is 11.8 Å². The molecule has 1 fully saturated rings. The van der Waals surface area contributed by atoms with Gasteiger partial charge in [-0.15, -0.1) is 0 Å². The molecule has 0 aromatic heterocycles. The number of benzene rings is 1. The lowest BCUT2D eigenvalue weighted by Gasteiger charge is -2.32. The second-order valence-electron chi connectivity index (χ2n) is 7.66. The largest absolute Gasteiger partial charge is 0.488 e. The fraction of sp³-hybridized carbons (Fsp3) is 0.391. The van der Waals surface area contributed by atoms with Crippen LogP contribution in [0.1, 0.15) is 45.1 Å². The molecule has 0 saturated carbocycles. The number of hydrogen-bond donors (Lipinski definition) is 0. The SMILES string of the molecule is [C-]#[N+]C(C#N)=C1C=C(C=Cc2ccc(N3CCCCC3)cc2)OC(C)(C)C1. The monoisotopic (exact) mass is 359 g/mol. The zero-order chi connectivity index (χ0) is 19.3. The van der Waals surface area contributed by atoms with Crippen LogP contribution >= 0.6 is 0 Å². The second kappa shape index (κ2) is 8.14. The van der Waals surface area contributed by atoms with Crippen molar-refractivity contribution < 1.29 is 4.74 Å². The summed E-state index contributed by atoms with van der Waals surface area (Å²) in [6, 6.07) is 10.6. The first-order valence-electron chi connectivity index (χ1n) is 9.45. The van der Waals surface area contributed by atoms with Crippen LogP contribution in [0.5, 0.6) is 0 Å². The molecule has 3 rings (SSSR count). The molecule has 1 aromatic rings. The molecule has 1 aromatic carbocycles. The van der Waals surface area contributed by atoms with Gasteiger partial charge in [0.15, 0.2) is 0 Å². The molecule has 0 spiro atoms. The smallest absolute Gasteiger partial charge is 0.265 e. The normalized spacial score (nSPS) is 21.0. The van der Waals surface area contributed by atoms with Crippen molar-refractivity contribution in [2.75, 3.05) is 18.0 Å². The summed E-state index contributed by atoms with van der Waals surface area (Å²) in [5.41, 5.74) is 2.82. The van der Waals surface area contributed by atoms with Gasteiger partial charge >= 0.3 is 0 Å². The number of nitriles is 1. The number of hydrogen-bond acceptors (Lipinski definition) is 3. The number of ether oxygens (including phenoxy) is 1. The predicted molar refractivity (Wildman–Crippen MR) is 109 cm³/mol. The minimum absolute atomic E-state index is 0.142. The number of piperidine rings is 1. The zero-order valence-corrected chi connectivity index (χ0v) is 16.0. The van der Waals surface area contributed by atoms with E-state index >= 15 is 0 Å². The van der Waals surface area contributed by atoms with E-state index in [9.17, 15) is 0 Å². The Morgan fingerprint density at radius 1 is 1.19 bits per heavy atom. The summed E-state index contributed by atoms with van der Waals surface area (Å²) in [7, 11) is 0. The molecule has 0 aliphatic carbocycles. The van der Waals surface area contributed by atoms with Gasteiger partial charge in [0.2, 0.25) is 0 Å². The standard InChI is InChI=1S/C23H25N3O/c1-23(2)16-19(22(17-24)25-3)15-21(27-23)12-9-18-7-10-20(11-8-18)26-13-5-4-6-14-26/h7-12,15H,4-6,13-14,16H2,1-2H3. The minimum atomic E-state index is -0.436. The third kappa shape index (κ3) is 4.80. The summed E-state index contributed by atoms with van der Waals surface area (Å²) in [5, 5.41) is 9.16. The second-order valence-corrected chi connectivity index (χ2v) is 7.66. The quantitative estimate of drug-likeness (QED) is 0.531. The highest BCUT2D eigenvalue weighted by Crippen LogP contribution is 2.33. The highest BCUT2D eigenvalue weighted by atomic mass is 16.5. The molecule has 0 atom stereocenters. The fourth-order valence-corrected chi connectivity index (χ4v) is 3.60. The highest BCUT2D eigenvalue weighted by Gasteiger charge is 2.27. The third-order valence-corrected chi connectivity index (χ3v) is 4.90. The van der Waals surface area contributed by atoms with Crippen LogP contribution in [0.2, 0.25) is 0 Å². The topological polar surface area (TPSA) is 40.6 Å². The molecule has 0 unspecified atom stereocenters. The van der Waals surface area contributed by atoms with Gasteiger partial charge in [-0.25, -0.2) is 10.1 Å². The Balaban J connectivity index is 1.77. The molecular weight excluding hydrogens is 334 g/mol. The van der Waals surface area contributed by atoms with Gasteiger partial charge in [0.1, 0.15) is 11.4 Å². The Morgan fingerprint density at radius 3 is 2.52 bits per heavy atom. The number of rotatable bonds is 3. The molecule has 0 amide bonds. The van der Waals surface area contributed by atoms with Crippen LogP contribution in [0.3, 0.4) is 0 Å². The first-order valence-corrected chi connectivity index (χ1v) is 9.45. The van der Waals surface area contributed by atoms with Crippen molar-refractivity contribution in [1.29, 1.82) is 5.26 Å². The number of nitrogens with zero attached hydrogens (tertiary/aromatic N) is 3. The van der Waals surface area contributed by atoms with Crippen LogP contribution in [0.15, 0.2) is 53.4 Å². The summed E-state index contributed by atoms with van der Waals surface area (Å²) in [5.74, 6) is 0.678. The van der Waals surface area contributed by atoms with E-state index in [1.54, 1.807) is 6.08 Å². The maximum Gasteiger partial charge on any atom is 0.265 e. The molecule has 4 heteroatoms. The van der Waals surface area contributed by atoms with Crippen LogP contribution in [-0.4, -0.2) is 18.7 Å². The van der Waals surface area contributed by atoms with Crippen molar-refractivity contribution in [2.45, 2.75) is 45.1 Å². The van der Waals surface area contributed by atoms with E-state index in [1.165, 1.54) is 24.9 Å². The van der Waals surface area contributed by atoms with Crippen molar-refractivity contribution in [3.05, 3.63) is 70.4 Å². The molecule has 2 heterocycles. The Bertz CT molecular complexity index is 838. The van der Waals surface area contributed by atoms with Gasteiger partial charge < -0.3 is 9.64 Å². The highest BCUT2D eigenvalue weighted by molar-refractivity contribution is 5.58.